The number of rotatable bonds is 10. The first-order valence-corrected chi connectivity index (χ1v) is 5.35. The van der Waals surface area contributed by atoms with Gasteiger partial charge in [-0.15, -0.1) is 0 Å². The summed E-state index contributed by atoms with van der Waals surface area (Å²) in [6.45, 7) is 2.41. The van der Waals surface area contributed by atoms with Crippen molar-refractivity contribution in [1.82, 2.24) is 0 Å². The second kappa shape index (κ2) is 7.93. The second-order valence-electron chi connectivity index (χ2n) is 3.98. The lowest BCUT2D eigenvalue weighted by atomic mass is 10.3. The van der Waals surface area contributed by atoms with Crippen molar-refractivity contribution in [2.24, 2.45) is 0 Å². The second-order valence-corrected chi connectivity index (χ2v) is 3.98. The molecule has 0 aliphatic rings. The fourth-order valence-electron chi connectivity index (χ4n) is 0.834. The van der Waals surface area contributed by atoms with Gasteiger partial charge >= 0.3 is 0 Å². The number of hydrogen-bond acceptors (Lipinski definition) is 7. The maximum absolute atomic E-state index is 9.25. The van der Waals surface area contributed by atoms with Crippen LogP contribution < -0.4 is 0 Å². The van der Waals surface area contributed by atoms with Gasteiger partial charge in [0, 0.05) is 0 Å². The Balaban J connectivity index is 3.36. The van der Waals surface area contributed by atoms with Gasteiger partial charge in [0.15, 0.2) is 11.6 Å². The lowest BCUT2D eigenvalue weighted by Gasteiger charge is -2.22. The van der Waals surface area contributed by atoms with Crippen LogP contribution in [0.1, 0.15) is 13.8 Å². The predicted octanol–water partition coefficient (Wildman–Crippen LogP) is -1.56. The molecule has 17 heavy (non-hydrogen) atoms. The minimum absolute atomic E-state index is 0.129. The Morgan fingerprint density at radius 3 is 1.41 bits per heavy atom. The zero-order valence-electron chi connectivity index (χ0n) is 10.3. The molecule has 4 N–H and O–H groups in total. The van der Waals surface area contributed by atoms with E-state index in [1.165, 1.54) is 13.8 Å². The molecule has 104 valence electrons. The Morgan fingerprint density at radius 1 is 0.765 bits per heavy atom. The fraction of sp³-hybridized carbons (Fsp3) is 1.00. The van der Waals surface area contributed by atoms with Crippen molar-refractivity contribution in [1.29, 1.82) is 0 Å². The molecule has 0 bridgehead atoms. The highest BCUT2D eigenvalue weighted by Gasteiger charge is 2.19. The van der Waals surface area contributed by atoms with Crippen LogP contribution in [-0.4, -0.2) is 71.6 Å². The number of aliphatic hydroxyl groups excluding tert-OH is 2. The van der Waals surface area contributed by atoms with Crippen molar-refractivity contribution < 1.29 is 34.6 Å². The van der Waals surface area contributed by atoms with E-state index in [1.54, 1.807) is 0 Å². The van der Waals surface area contributed by atoms with Crippen LogP contribution in [0.25, 0.3) is 0 Å². The molecule has 7 heteroatoms. The van der Waals surface area contributed by atoms with Gasteiger partial charge in [0.2, 0.25) is 0 Å². The molecule has 2 unspecified atom stereocenters. The average molecular weight is 254 g/mol. The third-order valence-electron chi connectivity index (χ3n) is 1.87. The standard InChI is InChI=1S/C10H22O7/c1-9(13,7-11)16-5-3-15-4-6-17-10(2,14)8-12/h11-14H,3-8H2,1-2H3. The molecule has 0 radical (unpaired) electrons. The summed E-state index contributed by atoms with van der Waals surface area (Å²) in [6, 6.07) is 0. The lowest BCUT2D eigenvalue weighted by molar-refractivity contribution is -0.224. The van der Waals surface area contributed by atoms with Crippen LogP contribution in [0.2, 0.25) is 0 Å². The molecule has 0 saturated carbocycles. The first kappa shape index (κ1) is 16.7. The van der Waals surface area contributed by atoms with Gasteiger partial charge in [-0.3, -0.25) is 0 Å². The van der Waals surface area contributed by atoms with Crippen LogP contribution in [0.5, 0.6) is 0 Å². The van der Waals surface area contributed by atoms with E-state index in [0.717, 1.165) is 0 Å². The Hall–Kier alpha value is -0.280. The highest BCUT2D eigenvalue weighted by atomic mass is 16.7. The first-order valence-electron chi connectivity index (χ1n) is 5.35. The zero-order valence-corrected chi connectivity index (χ0v) is 10.3. The van der Waals surface area contributed by atoms with E-state index in [9.17, 15) is 10.2 Å². The molecule has 0 aromatic carbocycles. The Morgan fingerprint density at radius 2 is 1.12 bits per heavy atom. The van der Waals surface area contributed by atoms with Crippen LogP contribution in [0, 0.1) is 0 Å². The summed E-state index contributed by atoms with van der Waals surface area (Å²) in [4.78, 5) is 0. The third kappa shape index (κ3) is 9.42. The topological polar surface area (TPSA) is 109 Å². The zero-order chi connectivity index (χ0) is 13.4. The molecule has 0 aliphatic heterocycles. The van der Waals surface area contributed by atoms with Crippen LogP contribution in [0.4, 0.5) is 0 Å². The van der Waals surface area contributed by atoms with Crippen LogP contribution in [-0.2, 0) is 14.2 Å². The molecule has 0 saturated heterocycles. The van der Waals surface area contributed by atoms with Gasteiger partial charge in [-0.2, -0.15) is 0 Å². The molecule has 0 spiro atoms. The molecule has 7 nitrogen and oxygen atoms in total. The van der Waals surface area contributed by atoms with Gasteiger partial charge in [-0.25, -0.2) is 0 Å². The highest BCUT2D eigenvalue weighted by molar-refractivity contribution is 4.56. The Labute approximate surface area is 101 Å². The minimum atomic E-state index is -1.56. The van der Waals surface area contributed by atoms with Crippen molar-refractivity contribution in [3.8, 4) is 0 Å². The molecular weight excluding hydrogens is 232 g/mol. The van der Waals surface area contributed by atoms with Gasteiger partial charge in [0.25, 0.3) is 0 Å². The average Bonchev–Trinajstić information content (AvgIpc) is 2.27. The number of ether oxygens (including phenoxy) is 3. The summed E-state index contributed by atoms with van der Waals surface area (Å²) in [5.74, 6) is -3.11. The summed E-state index contributed by atoms with van der Waals surface area (Å²) >= 11 is 0. The molecule has 2 atom stereocenters. The number of hydrogen-bond donors (Lipinski definition) is 4. The van der Waals surface area contributed by atoms with E-state index < -0.39 is 24.8 Å². The van der Waals surface area contributed by atoms with Crippen molar-refractivity contribution in [2.75, 3.05) is 39.6 Å². The van der Waals surface area contributed by atoms with Gasteiger partial charge in [0.05, 0.1) is 39.6 Å². The van der Waals surface area contributed by atoms with E-state index in [4.69, 9.17) is 24.4 Å². The van der Waals surface area contributed by atoms with Crippen LogP contribution in [0.3, 0.4) is 0 Å². The lowest BCUT2D eigenvalue weighted by Crippen LogP contribution is -2.34. The van der Waals surface area contributed by atoms with Gasteiger partial charge in [-0.1, -0.05) is 0 Å². The summed E-state index contributed by atoms with van der Waals surface area (Å²) in [5.41, 5.74) is 0. The quantitative estimate of drug-likeness (QED) is 0.276. The van der Waals surface area contributed by atoms with Gasteiger partial charge in [-0.05, 0) is 13.8 Å². The minimum Gasteiger partial charge on any atom is -0.391 e. The van der Waals surface area contributed by atoms with Crippen molar-refractivity contribution in [2.45, 2.75) is 25.4 Å². The molecule has 0 fully saturated rings. The predicted molar refractivity (Wildman–Crippen MR) is 58.1 cm³/mol. The largest absolute Gasteiger partial charge is 0.391 e. The van der Waals surface area contributed by atoms with E-state index in [1.807, 2.05) is 0 Å². The smallest absolute Gasteiger partial charge is 0.186 e. The monoisotopic (exact) mass is 254 g/mol. The fourth-order valence-corrected chi connectivity index (χ4v) is 0.834. The molecule has 0 aliphatic carbocycles. The summed E-state index contributed by atoms with van der Waals surface area (Å²) in [5, 5.41) is 35.8. The van der Waals surface area contributed by atoms with E-state index in [0.29, 0.717) is 0 Å². The normalized spacial score (nSPS) is 18.7. The van der Waals surface area contributed by atoms with Crippen molar-refractivity contribution in [3.63, 3.8) is 0 Å². The SMILES string of the molecule is CC(O)(CO)OCCOCCOC(C)(O)CO. The third-order valence-corrected chi connectivity index (χ3v) is 1.87. The molecule has 0 aromatic heterocycles. The van der Waals surface area contributed by atoms with E-state index in [-0.39, 0.29) is 26.4 Å². The summed E-state index contributed by atoms with van der Waals surface area (Å²) < 4.78 is 14.9. The molecule has 0 amide bonds. The highest BCUT2D eigenvalue weighted by Crippen LogP contribution is 2.04. The van der Waals surface area contributed by atoms with Gasteiger partial charge < -0.3 is 34.6 Å². The summed E-state index contributed by atoms with van der Waals surface area (Å²) in [6.07, 6.45) is 0. The van der Waals surface area contributed by atoms with Crippen LogP contribution >= 0.6 is 0 Å². The Kier molecular flexibility index (Phi) is 7.80. The van der Waals surface area contributed by atoms with Crippen molar-refractivity contribution >= 4 is 0 Å². The van der Waals surface area contributed by atoms with E-state index >= 15 is 0 Å². The molecule has 0 heterocycles. The first-order chi connectivity index (χ1) is 7.83. The maximum Gasteiger partial charge on any atom is 0.186 e. The molecule has 0 rings (SSSR count). The summed E-state index contributed by atoms with van der Waals surface area (Å²) in [7, 11) is 0. The van der Waals surface area contributed by atoms with Crippen LogP contribution in [0.15, 0.2) is 0 Å². The Bertz CT molecular complexity index is 173. The maximum atomic E-state index is 9.25. The number of aliphatic hydroxyl groups is 4. The van der Waals surface area contributed by atoms with Crippen molar-refractivity contribution in [3.05, 3.63) is 0 Å². The van der Waals surface area contributed by atoms with Gasteiger partial charge in [0.1, 0.15) is 0 Å². The molecule has 0 aromatic rings. The molecular formula is C10H22O7. The van der Waals surface area contributed by atoms with E-state index in [2.05, 4.69) is 0 Å².